The fourth-order valence-electron chi connectivity index (χ4n) is 8.86. The number of nitrogens with two attached hydrogens (primary N) is 3. The largest absolute Gasteiger partial charge is 0.481 e. The molecule has 0 spiro atoms. The molecular weight excluding hydrogens is 1140 g/mol. The molecule has 0 aliphatic carbocycles. The Kier molecular flexibility index (Phi) is 34.5. The number of primary amides is 1. The van der Waals surface area contributed by atoms with Gasteiger partial charge in [-0.15, -0.1) is 0 Å². The molecule has 0 bridgehead atoms. The Morgan fingerprint density at radius 3 is 1.67 bits per heavy atom. The van der Waals surface area contributed by atoms with Crippen LogP contribution in [0.25, 0.3) is 0 Å². The lowest BCUT2D eigenvalue weighted by Crippen LogP contribution is -2.69. The van der Waals surface area contributed by atoms with Crippen LogP contribution in [0.3, 0.4) is 0 Å². The number of aliphatic imine (C=N–C) groups is 1. The molecule has 1 heterocycles. The van der Waals surface area contributed by atoms with Crippen LogP contribution in [0.15, 0.2) is 17.1 Å². The van der Waals surface area contributed by atoms with Crippen molar-refractivity contribution in [3.63, 3.8) is 0 Å². The van der Waals surface area contributed by atoms with E-state index in [-0.39, 0.29) is 75.7 Å². The van der Waals surface area contributed by atoms with Crippen LogP contribution in [0, 0.1) is 17.8 Å². The summed E-state index contributed by atoms with van der Waals surface area (Å²) < 4.78 is 0. The predicted octanol–water partition coefficient (Wildman–Crippen LogP) is -4.25. The topological polar surface area (TPSA) is 514 Å². The summed E-state index contributed by atoms with van der Waals surface area (Å²) in [6, 6.07) is -8.20. The number of likely N-dealkylation sites (N-methyl/N-ethyl adjacent to an activating group) is 1. The first-order valence-electron chi connectivity index (χ1n) is 28.9. The highest BCUT2D eigenvalue weighted by atomic mass is 16.4. The number of nitrogens with zero attached hydrogens (tertiary/aromatic N) is 1. The van der Waals surface area contributed by atoms with Crippen LogP contribution in [-0.4, -0.2) is 186 Å². The van der Waals surface area contributed by atoms with E-state index in [0.29, 0.717) is 31.7 Å². The first-order valence-corrected chi connectivity index (χ1v) is 28.9. The maximum atomic E-state index is 14.9. The third-order valence-electron chi connectivity index (χ3n) is 13.9. The number of hydrogen-bond donors (Lipinski definition) is 17. The smallest absolute Gasteiger partial charge is 0.305 e. The lowest BCUT2D eigenvalue weighted by Gasteiger charge is -2.35. The normalized spacial score (nSPS) is 22.1. The van der Waals surface area contributed by atoms with Gasteiger partial charge in [0.1, 0.15) is 42.5 Å². The van der Waals surface area contributed by atoms with E-state index in [4.69, 9.17) is 22.3 Å². The van der Waals surface area contributed by atoms with Crippen LogP contribution in [0.1, 0.15) is 139 Å². The van der Waals surface area contributed by atoms with Crippen molar-refractivity contribution in [1.29, 1.82) is 0 Å². The zero-order chi connectivity index (χ0) is 66.2. The Bertz CT molecular complexity index is 2440. The van der Waals surface area contributed by atoms with Crippen LogP contribution in [-0.2, 0) is 67.1 Å². The van der Waals surface area contributed by atoms with Crippen molar-refractivity contribution in [3.05, 3.63) is 12.2 Å². The second kappa shape index (κ2) is 38.9. The molecule has 20 N–H and O–H groups in total. The van der Waals surface area contributed by atoms with Gasteiger partial charge in [0.15, 0.2) is 24.5 Å². The van der Waals surface area contributed by atoms with Crippen LogP contribution in [0.2, 0.25) is 0 Å². The summed E-state index contributed by atoms with van der Waals surface area (Å²) in [4.78, 5) is 190. The number of aliphatic carboxylic acids is 2. The number of carboxylic acid groups (broad SMARTS) is 2. The van der Waals surface area contributed by atoms with Crippen molar-refractivity contribution < 1.29 is 77.3 Å². The molecule has 0 fully saturated rings. The highest BCUT2D eigenvalue weighted by Crippen LogP contribution is 2.19. The number of amides is 9. The summed E-state index contributed by atoms with van der Waals surface area (Å²) >= 11 is 0. The number of allylic oxidation sites excluding steroid dienone is 2. The maximum Gasteiger partial charge on any atom is 0.305 e. The van der Waals surface area contributed by atoms with Gasteiger partial charge in [0.25, 0.3) is 17.7 Å². The van der Waals surface area contributed by atoms with Gasteiger partial charge in [0.2, 0.25) is 35.4 Å². The van der Waals surface area contributed by atoms with Gasteiger partial charge in [-0.3, -0.25) is 73.7 Å². The molecule has 0 aromatic heterocycles. The van der Waals surface area contributed by atoms with E-state index < -0.39 is 163 Å². The quantitative estimate of drug-likeness (QED) is 0.00973. The molecule has 0 aromatic carbocycles. The van der Waals surface area contributed by atoms with Crippen molar-refractivity contribution in [2.24, 2.45) is 39.9 Å². The summed E-state index contributed by atoms with van der Waals surface area (Å²) in [6.45, 7) is 12.3. The number of rotatable bonds is 33. The lowest BCUT2D eigenvalue weighted by molar-refractivity contribution is -0.140. The number of hydrogen-bond acceptors (Lipinski definition) is 19. The van der Waals surface area contributed by atoms with Crippen LogP contribution in [0.4, 0.5) is 0 Å². The molecule has 0 saturated carbocycles. The summed E-state index contributed by atoms with van der Waals surface area (Å²) in [5, 5.41) is 49.8. The van der Waals surface area contributed by atoms with E-state index in [1.54, 1.807) is 40.7 Å². The minimum absolute atomic E-state index is 0.0622. The number of aldehydes is 3. The number of carbonyl (C=O) groups is 14. The van der Waals surface area contributed by atoms with Gasteiger partial charge in [-0.05, 0) is 109 Å². The number of guanidine groups is 1. The van der Waals surface area contributed by atoms with Gasteiger partial charge < -0.3 is 89.6 Å². The number of carboxylic acids is 2. The van der Waals surface area contributed by atoms with Crippen molar-refractivity contribution in [3.8, 4) is 0 Å². The Morgan fingerprint density at radius 2 is 1.20 bits per heavy atom. The van der Waals surface area contributed by atoms with E-state index in [1.165, 1.54) is 27.8 Å². The summed E-state index contributed by atoms with van der Waals surface area (Å²) in [6.07, 6.45) is -0.882. The summed E-state index contributed by atoms with van der Waals surface area (Å²) in [7, 11) is 1.53. The molecule has 0 aromatic rings. The SMILES string of the molecule is CNC1(C)CCCC=CCCCC(C)(C(=O)N[C@@H](CCC(=O)O)C(=O)NC(C(=O)NCC(=O)NC(CC(=O)O)C(N)=O)C(C)C)NC(=O)[C@H](N[C@H](C=O)CC(C)C)NC(=O)[C@H](N[C@H](C=O)CC(C)C)NC(=O)[C@H](N[C@H](C=O)CCCN=C(N)N)NC1=O. The average Bonchev–Trinajstić information content (AvgIpc) is 2.06. The molecule has 490 valence electrons. The van der Waals surface area contributed by atoms with Gasteiger partial charge in [0.05, 0.1) is 36.6 Å². The van der Waals surface area contributed by atoms with Gasteiger partial charge >= 0.3 is 11.9 Å². The Balaban J connectivity index is 4.08. The maximum absolute atomic E-state index is 14.9. The van der Waals surface area contributed by atoms with Gasteiger partial charge in [-0.2, -0.15) is 0 Å². The van der Waals surface area contributed by atoms with Crippen LogP contribution < -0.4 is 81.0 Å². The molecule has 1 rings (SSSR count). The number of nitrogens with one attached hydrogen (secondary N) is 12. The van der Waals surface area contributed by atoms with Crippen LogP contribution >= 0.6 is 0 Å². The molecule has 32 nitrogen and oxygen atoms in total. The van der Waals surface area contributed by atoms with Gasteiger partial charge in [-0.1, -0.05) is 53.7 Å². The summed E-state index contributed by atoms with van der Waals surface area (Å²) in [5.74, 6) is -13.5. The van der Waals surface area contributed by atoms with Crippen molar-refractivity contribution in [2.45, 2.75) is 205 Å². The highest BCUT2D eigenvalue weighted by Gasteiger charge is 2.42. The van der Waals surface area contributed by atoms with Crippen molar-refractivity contribution >= 4 is 89.9 Å². The van der Waals surface area contributed by atoms with Crippen LogP contribution in [0.5, 0.6) is 0 Å². The minimum Gasteiger partial charge on any atom is -0.481 e. The van der Waals surface area contributed by atoms with Gasteiger partial charge in [-0.25, -0.2) is 0 Å². The Morgan fingerprint density at radius 1 is 0.678 bits per heavy atom. The molecular formula is C55H94N16O16. The van der Waals surface area contributed by atoms with E-state index in [9.17, 15) is 72.2 Å². The zero-order valence-electron chi connectivity index (χ0n) is 51.2. The molecule has 11 atom stereocenters. The molecule has 4 unspecified atom stereocenters. The summed E-state index contributed by atoms with van der Waals surface area (Å²) in [5.41, 5.74) is 12.7. The third kappa shape index (κ3) is 29.3. The zero-order valence-corrected chi connectivity index (χ0v) is 51.2. The average molecular weight is 1240 g/mol. The molecule has 1 aliphatic heterocycles. The van der Waals surface area contributed by atoms with Crippen molar-refractivity contribution in [1.82, 2.24) is 63.8 Å². The molecule has 1 aliphatic rings. The molecule has 32 heteroatoms. The predicted molar refractivity (Wildman–Crippen MR) is 316 cm³/mol. The van der Waals surface area contributed by atoms with Gasteiger partial charge in [0, 0.05) is 13.0 Å². The molecule has 87 heavy (non-hydrogen) atoms. The fraction of sp³-hybridized carbons (Fsp3) is 0.691. The molecule has 0 radical (unpaired) electrons. The first-order chi connectivity index (χ1) is 40.7. The minimum atomic E-state index is -2.06. The third-order valence-corrected chi connectivity index (χ3v) is 13.9. The first kappa shape index (κ1) is 77.0. The standard InChI is InChI=1S/C55H94N16O16/c1-30(2)23-34(28-73)63-43-48(83)69-45(64-35(29-74)24-31(3)4)50(85)71-55(8,21-15-13-11-10-12-14-20-54(7,59-9)51(86)70-44(49(84)68-43)62-33(27-72)17-16-22-60-53(57)58)52(87)66-36(18-19-39(76)77)46(81)67-41(32(5)6)47(82)61-26-38(75)65-37(42(56)80)25-40(78)79/h10-11,27-37,41,43-45,59,62-64H,12-26H2,1-9H3,(H2,56,80)(H,61,82)(H,65,75)(H,66,87)(H,67,81)(H,68,84)(H,69,83)(H,70,86)(H,71,85)(H,76,77)(H,78,79)(H4,57,58,60)/t33-,34-,35-,36-,37?,41?,43+,44+,45+,54?,55?/m0/s1. The molecule has 0 saturated heterocycles. The Hall–Kier alpha value is -7.97. The van der Waals surface area contributed by atoms with E-state index >= 15 is 0 Å². The van der Waals surface area contributed by atoms with E-state index in [1.807, 2.05) is 6.08 Å². The fourth-order valence-corrected chi connectivity index (χ4v) is 8.86. The van der Waals surface area contributed by atoms with E-state index in [2.05, 4.69) is 68.8 Å². The Labute approximate surface area is 506 Å². The number of carbonyl (C=O) groups excluding carboxylic acids is 12. The molecule has 9 amide bonds. The second-order valence-corrected chi connectivity index (χ2v) is 22.9. The second-order valence-electron chi connectivity index (χ2n) is 22.9. The highest BCUT2D eigenvalue weighted by molar-refractivity contribution is 5.99. The van der Waals surface area contributed by atoms with E-state index in [0.717, 1.165) is 0 Å². The van der Waals surface area contributed by atoms with Crippen molar-refractivity contribution in [2.75, 3.05) is 20.1 Å². The monoisotopic (exact) mass is 1230 g/mol. The lowest BCUT2D eigenvalue weighted by atomic mass is 9.91.